The van der Waals surface area contributed by atoms with Gasteiger partial charge in [0.25, 0.3) is 0 Å². The molecule has 102 valence electrons. The van der Waals surface area contributed by atoms with Crippen molar-refractivity contribution in [3.05, 3.63) is 45.6 Å². The Kier molecular flexibility index (Phi) is 3.38. The van der Waals surface area contributed by atoms with Gasteiger partial charge >= 0.3 is 0 Å². The van der Waals surface area contributed by atoms with Gasteiger partial charge in [-0.1, -0.05) is 29.3 Å². The number of rotatable bonds is 2. The summed E-state index contributed by atoms with van der Waals surface area (Å²) in [5, 5.41) is 8.03. The van der Waals surface area contributed by atoms with Gasteiger partial charge in [-0.15, -0.1) is 0 Å². The highest BCUT2D eigenvalue weighted by Gasteiger charge is 2.18. The molecule has 0 radical (unpaired) electrons. The number of aromatic nitrogens is 2. The summed E-state index contributed by atoms with van der Waals surface area (Å²) in [5.74, 6) is 0.881. The lowest BCUT2D eigenvalue weighted by molar-refractivity contribution is 0.582. The van der Waals surface area contributed by atoms with Crippen molar-refractivity contribution in [3.8, 4) is 22.6 Å². The molecule has 1 aromatic carbocycles. The van der Waals surface area contributed by atoms with Gasteiger partial charge in [0.2, 0.25) is 0 Å². The lowest BCUT2D eigenvalue weighted by Gasteiger charge is -2.04. The second-order valence-corrected chi connectivity index (χ2v) is 5.28. The molecule has 0 saturated carbocycles. The van der Waals surface area contributed by atoms with Crippen LogP contribution < -0.4 is 5.73 Å². The summed E-state index contributed by atoms with van der Waals surface area (Å²) in [6, 6.07) is 8.61. The molecule has 2 aromatic heterocycles. The fraction of sp³-hybridized carbons (Fsp3) is 0. The van der Waals surface area contributed by atoms with Crippen LogP contribution in [0.15, 0.2) is 34.7 Å². The fourth-order valence-electron chi connectivity index (χ4n) is 1.93. The summed E-state index contributed by atoms with van der Waals surface area (Å²) in [4.78, 5) is 0. The van der Waals surface area contributed by atoms with Crippen molar-refractivity contribution >= 4 is 40.6 Å². The quantitative estimate of drug-likeness (QED) is 0.704. The lowest BCUT2D eigenvalue weighted by atomic mass is 10.0. The maximum absolute atomic E-state index is 6.04. The minimum absolute atomic E-state index is 0.285. The van der Waals surface area contributed by atoms with Crippen molar-refractivity contribution in [3.63, 3.8) is 0 Å². The van der Waals surface area contributed by atoms with Gasteiger partial charge < -0.3 is 10.2 Å². The third kappa shape index (κ3) is 2.26. The van der Waals surface area contributed by atoms with Gasteiger partial charge in [0.1, 0.15) is 5.69 Å². The molecule has 2 heterocycles. The first-order valence-corrected chi connectivity index (χ1v) is 6.74. The van der Waals surface area contributed by atoms with Crippen LogP contribution in [-0.4, -0.2) is 10.2 Å². The van der Waals surface area contributed by atoms with E-state index in [1.54, 1.807) is 24.3 Å². The Bertz CT molecular complexity index is 779. The van der Waals surface area contributed by atoms with Crippen LogP contribution >= 0.6 is 34.8 Å². The van der Waals surface area contributed by atoms with Crippen LogP contribution in [0, 0.1) is 0 Å². The van der Waals surface area contributed by atoms with E-state index >= 15 is 0 Å². The smallest absolute Gasteiger partial charge is 0.194 e. The van der Waals surface area contributed by atoms with Crippen molar-refractivity contribution in [2.75, 3.05) is 5.73 Å². The number of anilines is 1. The Morgan fingerprint density at radius 2 is 1.85 bits per heavy atom. The predicted octanol–water partition coefficient (Wildman–Crippen LogP) is 4.88. The lowest BCUT2D eigenvalue weighted by Crippen LogP contribution is -1.88. The summed E-state index contributed by atoms with van der Waals surface area (Å²) >= 11 is 17.7. The Labute approximate surface area is 129 Å². The van der Waals surface area contributed by atoms with Crippen LogP contribution in [0.2, 0.25) is 15.3 Å². The molecule has 0 amide bonds. The highest BCUT2D eigenvalue weighted by atomic mass is 35.5. The van der Waals surface area contributed by atoms with Gasteiger partial charge in [0, 0.05) is 0 Å². The molecule has 0 aliphatic rings. The van der Waals surface area contributed by atoms with E-state index in [0.717, 1.165) is 5.56 Å². The molecule has 3 aromatic rings. The van der Waals surface area contributed by atoms with Crippen LogP contribution in [0.1, 0.15) is 0 Å². The Hall–Kier alpha value is -1.62. The van der Waals surface area contributed by atoms with E-state index < -0.39 is 0 Å². The molecule has 0 aliphatic heterocycles. The number of benzene rings is 1. The number of nitrogen functional groups attached to an aromatic ring is 1. The zero-order valence-corrected chi connectivity index (χ0v) is 12.2. The number of nitrogens with zero attached hydrogens (tertiary/aromatic N) is 1. The van der Waals surface area contributed by atoms with Crippen molar-refractivity contribution in [1.29, 1.82) is 0 Å². The molecule has 3 N–H and O–H groups in total. The zero-order valence-electron chi connectivity index (χ0n) is 9.95. The van der Waals surface area contributed by atoms with Crippen molar-refractivity contribution < 1.29 is 4.42 Å². The zero-order chi connectivity index (χ0) is 14.3. The molecule has 3 rings (SSSR count). The number of furan rings is 1. The minimum atomic E-state index is 0.285. The van der Waals surface area contributed by atoms with E-state index in [1.807, 2.05) is 6.07 Å². The minimum Gasteiger partial charge on any atom is -0.443 e. The standard InChI is InChI=1S/C13H8Cl3N3O/c14-7-2-1-6(5-8(7)15)11-12(18-19-13(11)17)9-3-4-10(16)20-9/h1-5H,(H3,17,18,19). The highest BCUT2D eigenvalue weighted by molar-refractivity contribution is 6.42. The molecule has 0 fully saturated rings. The Balaban J connectivity index is 2.18. The Morgan fingerprint density at radius 1 is 1.05 bits per heavy atom. The monoisotopic (exact) mass is 327 g/mol. The summed E-state index contributed by atoms with van der Waals surface area (Å²) in [5.41, 5.74) is 8.02. The van der Waals surface area contributed by atoms with E-state index in [1.165, 1.54) is 0 Å². The average Bonchev–Trinajstić information content (AvgIpc) is 2.99. The molecule has 20 heavy (non-hydrogen) atoms. The van der Waals surface area contributed by atoms with Crippen molar-refractivity contribution in [1.82, 2.24) is 10.2 Å². The number of halogens is 3. The van der Waals surface area contributed by atoms with E-state index in [-0.39, 0.29) is 5.22 Å². The van der Waals surface area contributed by atoms with Crippen LogP contribution in [0.5, 0.6) is 0 Å². The molecule has 0 atom stereocenters. The predicted molar refractivity (Wildman–Crippen MR) is 81.2 cm³/mol. The molecule has 0 bridgehead atoms. The number of hydrogen-bond donors (Lipinski definition) is 2. The first kappa shape index (κ1) is 13.4. The maximum atomic E-state index is 6.04. The normalized spacial score (nSPS) is 10.9. The van der Waals surface area contributed by atoms with Crippen LogP contribution in [0.25, 0.3) is 22.6 Å². The summed E-state index contributed by atoms with van der Waals surface area (Å²) in [6.07, 6.45) is 0. The number of hydrogen-bond acceptors (Lipinski definition) is 3. The van der Waals surface area contributed by atoms with Gasteiger partial charge in [-0.3, -0.25) is 5.10 Å². The number of H-pyrrole nitrogens is 1. The first-order chi connectivity index (χ1) is 9.56. The number of nitrogens with two attached hydrogens (primary N) is 1. The summed E-state index contributed by atoms with van der Waals surface area (Å²) in [7, 11) is 0. The van der Waals surface area contributed by atoms with Gasteiger partial charge in [-0.05, 0) is 41.4 Å². The Morgan fingerprint density at radius 3 is 2.50 bits per heavy atom. The number of nitrogens with one attached hydrogen (secondary N) is 1. The van der Waals surface area contributed by atoms with E-state index in [4.69, 9.17) is 45.0 Å². The molecule has 0 saturated heterocycles. The average molecular weight is 329 g/mol. The van der Waals surface area contributed by atoms with Crippen LogP contribution in [0.4, 0.5) is 5.82 Å². The molecular weight excluding hydrogens is 321 g/mol. The van der Waals surface area contributed by atoms with E-state index in [2.05, 4.69) is 10.2 Å². The van der Waals surface area contributed by atoms with Crippen LogP contribution in [0.3, 0.4) is 0 Å². The third-order valence-corrected chi connectivity index (χ3v) is 3.76. The molecular formula is C13H8Cl3N3O. The largest absolute Gasteiger partial charge is 0.443 e. The van der Waals surface area contributed by atoms with Crippen LogP contribution in [-0.2, 0) is 0 Å². The topological polar surface area (TPSA) is 67.8 Å². The molecule has 0 unspecified atom stereocenters. The molecule has 4 nitrogen and oxygen atoms in total. The van der Waals surface area contributed by atoms with E-state index in [9.17, 15) is 0 Å². The maximum Gasteiger partial charge on any atom is 0.194 e. The second-order valence-electron chi connectivity index (χ2n) is 4.09. The molecule has 0 aliphatic carbocycles. The van der Waals surface area contributed by atoms with Gasteiger partial charge in [-0.2, -0.15) is 5.10 Å². The fourth-order valence-corrected chi connectivity index (χ4v) is 2.37. The number of aromatic amines is 1. The highest BCUT2D eigenvalue weighted by Crippen LogP contribution is 2.38. The summed E-state index contributed by atoms with van der Waals surface area (Å²) < 4.78 is 5.38. The third-order valence-electron chi connectivity index (χ3n) is 2.82. The summed E-state index contributed by atoms with van der Waals surface area (Å²) in [6.45, 7) is 0. The second kappa shape index (κ2) is 5.05. The van der Waals surface area contributed by atoms with Crippen molar-refractivity contribution in [2.24, 2.45) is 0 Å². The van der Waals surface area contributed by atoms with Gasteiger partial charge in [0.15, 0.2) is 16.8 Å². The van der Waals surface area contributed by atoms with Gasteiger partial charge in [-0.25, -0.2) is 0 Å². The molecule has 7 heteroatoms. The first-order valence-electron chi connectivity index (χ1n) is 5.61. The van der Waals surface area contributed by atoms with Gasteiger partial charge in [0.05, 0.1) is 15.6 Å². The van der Waals surface area contributed by atoms with E-state index in [0.29, 0.717) is 32.9 Å². The van der Waals surface area contributed by atoms with Crippen molar-refractivity contribution in [2.45, 2.75) is 0 Å². The molecule has 0 spiro atoms. The SMILES string of the molecule is Nc1n[nH]c(-c2ccc(Cl)o2)c1-c1ccc(Cl)c(Cl)c1.